The Balaban J connectivity index is 1.40. The molecule has 0 radical (unpaired) electrons. The van der Waals surface area contributed by atoms with E-state index in [0.717, 1.165) is 19.6 Å². The van der Waals surface area contributed by atoms with Crippen molar-refractivity contribution in [2.45, 2.75) is 25.8 Å². The minimum atomic E-state index is -0.0268. The number of ketones is 1. The largest absolute Gasteiger partial charge is 0.447 e. The molecular formula is C20H22N2O3S. The highest BCUT2D eigenvalue weighted by Crippen LogP contribution is 2.31. The monoisotopic (exact) mass is 370 g/mol. The van der Waals surface area contributed by atoms with E-state index in [2.05, 4.69) is 10.2 Å². The summed E-state index contributed by atoms with van der Waals surface area (Å²) in [7, 11) is 0. The summed E-state index contributed by atoms with van der Waals surface area (Å²) in [6, 6.07) is 10.9. The van der Waals surface area contributed by atoms with Gasteiger partial charge in [-0.2, -0.15) is 0 Å². The SMILES string of the molecule is CC(=O)c1cccc(Oc2ccc(C(=O)N[C@H]3CN4CCC3CC4)s2)c1. The molecule has 0 saturated carbocycles. The molecule has 3 fully saturated rings. The number of carbonyl (C=O) groups excluding carboxylic acids is 2. The lowest BCUT2D eigenvalue weighted by Crippen LogP contribution is -2.57. The molecule has 2 bridgehead atoms. The van der Waals surface area contributed by atoms with Crippen molar-refractivity contribution in [2.75, 3.05) is 19.6 Å². The zero-order valence-electron chi connectivity index (χ0n) is 14.7. The van der Waals surface area contributed by atoms with Gasteiger partial charge in [0.1, 0.15) is 5.75 Å². The van der Waals surface area contributed by atoms with Gasteiger partial charge in [-0.25, -0.2) is 0 Å². The highest BCUT2D eigenvalue weighted by atomic mass is 32.1. The number of amides is 1. The lowest BCUT2D eigenvalue weighted by molar-refractivity contribution is 0.0622. The molecule has 5 nitrogen and oxygen atoms in total. The van der Waals surface area contributed by atoms with E-state index >= 15 is 0 Å². The summed E-state index contributed by atoms with van der Waals surface area (Å²) in [5.41, 5.74) is 0.611. The molecule has 0 unspecified atom stereocenters. The Morgan fingerprint density at radius 1 is 1.19 bits per heavy atom. The molecule has 1 amide bonds. The maximum atomic E-state index is 12.6. The minimum absolute atomic E-state index is 0.000725. The zero-order valence-corrected chi connectivity index (χ0v) is 15.6. The number of rotatable bonds is 5. The van der Waals surface area contributed by atoms with E-state index in [1.807, 2.05) is 0 Å². The number of carbonyl (C=O) groups is 2. The Labute approximate surface area is 157 Å². The third kappa shape index (κ3) is 3.66. The van der Waals surface area contributed by atoms with Crippen LogP contribution >= 0.6 is 11.3 Å². The number of benzene rings is 1. The van der Waals surface area contributed by atoms with Crippen molar-refractivity contribution in [3.8, 4) is 10.8 Å². The average Bonchev–Trinajstić information content (AvgIpc) is 3.11. The molecule has 1 N–H and O–H groups in total. The molecule has 6 heteroatoms. The van der Waals surface area contributed by atoms with Crippen molar-refractivity contribution in [3.63, 3.8) is 0 Å². The van der Waals surface area contributed by atoms with Crippen molar-refractivity contribution in [2.24, 2.45) is 5.92 Å². The van der Waals surface area contributed by atoms with Crippen molar-refractivity contribution >= 4 is 23.0 Å². The first kappa shape index (κ1) is 17.2. The van der Waals surface area contributed by atoms with Crippen LogP contribution in [0.5, 0.6) is 10.8 Å². The van der Waals surface area contributed by atoms with Gasteiger partial charge < -0.3 is 15.0 Å². The van der Waals surface area contributed by atoms with Crippen LogP contribution in [0.4, 0.5) is 0 Å². The Bertz CT molecular complexity index is 824. The lowest BCUT2D eigenvalue weighted by atomic mass is 9.84. The van der Waals surface area contributed by atoms with Crippen LogP contribution in [0.3, 0.4) is 0 Å². The summed E-state index contributed by atoms with van der Waals surface area (Å²) in [6.07, 6.45) is 2.35. The second-order valence-electron chi connectivity index (χ2n) is 7.02. The first-order chi connectivity index (χ1) is 12.6. The normalized spacial score (nSPS) is 24.3. The summed E-state index contributed by atoms with van der Waals surface area (Å²) < 4.78 is 5.82. The second kappa shape index (κ2) is 7.21. The number of piperidine rings is 3. The van der Waals surface area contributed by atoms with Crippen LogP contribution in [-0.4, -0.2) is 42.3 Å². The molecule has 26 heavy (non-hydrogen) atoms. The van der Waals surface area contributed by atoms with Crippen molar-refractivity contribution in [1.29, 1.82) is 0 Å². The van der Waals surface area contributed by atoms with Crippen LogP contribution in [0, 0.1) is 5.92 Å². The molecule has 0 spiro atoms. The predicted molar refractivity (Wildman–Crippen MR) is 101 cm³/mol. The fraction of sp³-hybridized carbons (Fsp3) is 0.400. The van der Waals surface area contributed by atoms with E-state index in [-0.39, 0.29) is 17.7 Å². The van der Waals surface area contributed by atoms with Gasteiger partial charge in [-0.15, -0.1) is 0 Å². The maximum Gasteiger partial charge on any atom is 0.261 e. The topological polar surface area (TPSA) is 58.6 Å². The standard InChI is InChI=1S/C20H22N2O3S/c1-13(23)15-3-2-4-16(11-15)25-19-6-5-18(26-19)20(24)21-17-12-22-9-7-14(17)8-10-22/h2-6,11,14,17H,7-10,12H2,1H3,(H,21,24)/t17-/m0/s1. The van der Waals surface area contributed by atoms with Gasteiger partial charge in [-0.3, -0.25) is 9.59 Å². The molecule has 0 aliphatic carbocycles. The molecule has 1 aromatic heterocycles. The molecule has 1 aromatic carbocycles. The van der Waals surface area contributed by atoms with Crippen LogP contribution in [0.15, 0.2) is 36.4 Å². The summed E-state index contributed by atoms with van der Waals surface area (Å²) >= 11 is 1.33. The third-order valence-electron chi connectivity index (χ3n) is 5.24. The molecule has 1 atom stereocenters. The molecular weight excluding hydrogens is 348 g/mol. The number of hydrogen-bond acceptors (Lipinski definition) is 5. The molecule has 5 rings (SSSR count). The van der Waals surface area contributed by atoms with E-state index in [9.17, 15) is 9.59 Å². The molecule has 3 saturated heterocycles. The van der Waals surface area contributed by atoms with Gasteiger partial charge in [0.05, 0.1) is 4.88 Å². The summed E-state index contributed by atoms with van der Waals surface area (Å²) in [5.74, 6) is 1.18. The number of fused-ring (bicyclic) bond motifs is 3. The van der Waals surface area contributed by atoms with E-state index in [4.69, 9.17) is 4.74 Å². The van der Waals surface area contributed by atoms with E-state index in [1.165, 1.54) is 31.1 Å². The van der Waals surface area contributed by atoms with Gasteiger partial charge in [0.2, 0.25) is 0 Å². The van der Waals surface area contributed by atoms with Crippen molar-refractivity contribution in [1.82, 2.24) is 10.2 Å². The molecule has 136 valence electrons. The number of nitrogens with zero attached hydrogens (tertiary/aromatic N) is 1. The first-order valence-corrected chi connectivity index (χ1v) is 9.82. The molecule has 3 aliphatic heterocycles. The Kier molecular flexibility index (Phi) is 4.78. The van der Waals surface area contributed by atoms with Crippen molar-refractivity contribution in [3.05, 3.63) is 46.8 Å². The van der Waals surface area contributed by atoms with Gasteiger partial charge in [-0.05, 0) is 63.0 Å². The first-order valence-electron chi connectivity index (χ1n) is 9.00. The zero-order chi connectivity index (χ0) is 18.1. The van der Waals surface area contributed by atoms with Crippen LogP contribution in [0.25, 0.3) is 0 Å². The second-order valence-corrected chi connectivity index (χ2v) is 8.07. The van der Waals surface area contributed by atoms with Crippen LogP contribution in [0.1, 0.15) is 39.8 Å². The molecule has 2 aromatic rings. The highest BCUT2D eigenvalue weighted by Gasteiger charge is 2.35. The molecule has 4 heterocycles. The van der Waals surface area contributed by atoms with Gasteiger partial charge in [0.25, 0.3) is 5.91 Å². The van der Waals surface area contributed by atoms with Gasteiger partial charge >= 0.3 is 0 Å². The fourth-order valence-corrected chi connectivity index (χ4v) is 4.54. The van der Waals surface area contributed by atoms with Crippen LogP contribution in [0.2, 0.25) is 0 Å². The van der Waals surface area contributed by atoms with Gasteiger partial charge in [-0.1, -0.05) is 23.5 Å². The maximum absolute atomic E-state index is 12.6. The van der Waals surface area contributed by atoms with Gasteiger partial charge in [0.15, 0.2) is 10.8 Å². The summed E-state index contributed by atoms with van der Waals surface area (Å²) in [5, 5.41) is 3.84. The van der Waals surface area contributed by atoms with E-state index < -0.39 is 0 Å². The summed E-state index contributed by atoms with van der Waals surface area (Å²) in [4.78, 5) is 27.1. The molecule has 3 aliphatic rings. The van der Waals surface area contributed by atoms with Crippen LogP contribution in [-0.2, 0) is 0 Å². The van der Waals surface area contributed by atoms with Gasteiger partial charge in [0, 0.05) is 18.2 Å². The van der Waals surface area contributed by atoms with E-state index in [1.54, 1.807) is 36.4 Å². The number of nitrogens with one attached hydrogen (secondary N) is 1. The number of hydrogen-bond donors (Lipinski definition) is 1. The number of ether oxygens (including phenoxy) is 1. The summed E-state index contributed by atoms with van der Waals surface area (Å²) in [6.45, 7) is 4.81. The number of Topliss-reactive ketones (excluding diaryl/α,β-unsaturated/α-hetero) is 1. The Morgan fingerprint density at radius 3 is 2.69 bits per heavy atom. The van der Waals surface area contributed by atoms with Crippen molar-refractivity contribution < 1.29 is 14.3 Å². The average molecular weight is 370 g/mol. The minimum Gasteiger partial charge on any atom is -0.447 e. The van der Waals surface area contributed by atoms with E-state index in [0.29, 0.717) is 27.2 Å². The smallest absolute Gasteiger partial charge is 0.261 e. The highest BCUT2D eigenvalue weighted by molar-refractivity contribution is 7.15. The quantitative estimate of drug-likeness (QED) is 0.818. The predicted octanol–water partition coefficient (Wildman–Crippen LogP) is 3.57. The lowest BCUT2D eigenvalue weighted by Gasteiger charge is -2.44. The third-order valence-corrected chi connectivity index (χ3v) is 6.20. The Morgan fingerprint density at radius 2 is 2.00 bits per heavy atom. The van der Waals surface area contributed by atoms with Crippen LogP contribution < -0.4 is 10.1 Å². The fourth-order valence-electron chi connectivity index (χ4n) is 3.76. The Hall–Kier alpha value is -2.18. The number of thiophene rings is 1.